The highest BCUT2D eigenvalue weighted by Crippen LogP contribution is 2.23. The summed E-state index contributed by atoms with van der Waals surface area (Å²) in [6.07, 6.45) is 0. The minimum absolute atomic E-state index is 0. The molecule has 124 valence electrons. The summed E-state index contributed by atoms with van der Waals surface area (Å²) < 4.78 is 0. The van der Waals surface area contributed by atoms with Crippen LogP contribution in [-0.4, -0.2) is 18.0 Å². The SMILES string of the molecule is Cl.O=C1NNc2ccc(C(=O)OOC(=O)c3ccccc3)c(c2)N1. The minimum Gasteiger partial charge on any atom is -0.306 e. The smallest absolute Gasteiger partial charge is 0.306 e. The molecule has 0 spiro atoms. The van der Waals surface area contributed by atoms with Crippen LogP contribution in [0, 0.1) is 0 Å². The van der Waals surface area contributed by atoms with Gasteiger partial charge in [-0.05, 0) is 30.3 Å². The van der Waals surface area contributed by atoms with Gasteiger partial charge in [0.15, 0.2) is 0 Å². The Morgan fingerprint density at radius 1 is 0.875 bits per heavy atom. The number of hydrogen-bond acceptors (Lipinski definition) is 6. The lowest BCUT2D eigenvalue weighted by molar-refractivity contribution is -0.187. The maximum atomic E-state index is 12.0. The first-order chi connectivity index (χ1) is 11.1. The first kappa shape index (κ1) is 17.1. The Hall–Kier alpha value is -3.26. The number of amides is 2. The maximum absolute atomic E-state index is 12.0. The molecule has 0 aromatic heterocycles. The molecule has 1 heterocycles. The largest absolute Gasteiger partial charge is 0.388 e. The van der Waals surface area contributed by atoms with Gasteiger partial charge in [0.1, 0.15) is 0 Å². The molecule has 24 heavy (non-hydrogen) atoms. The Balaban J connectivity index is 0.00000208. The molecule has 3 N–H and O–H groups in total. The molecule has 2 aromatic carbocycles. The fraction of sp³-hybridized carbons (Fsp3) is 0. The molecule has 0 radical (unpaired) electrons. The molecule has 3 rings (SSSR count). The predicted molar refractivity (Wildman–Crippen MR) is 86.7 cm³/mol. The van der Waals surface area contributed by atoms with Crippen molar-refractivity contribution in [2.24, 2.45) is 0 Å². The Kier molecular flexibility index (Phi) is 5.23. The lowest BCUT2D eigenvalue weighted by Crippen LogP contribution is -2.31. The lowest BCUT2D eigenvalue weighted by atomic mass is 10.1. The normalized spacial score (nSPS) is 11.6. The molecular formula is C15H12ClN3O5. The fourth-order valence-electron chi connectivity index (χ4n) is 1.93. The van der Waals surface area contributed by atoms with Crippen LogP contribution in [0.15, 0.2) is 48.5 Å². The fourth-order valence-corrected chi connectivity index (χ4v) is 1.93. The molecule has 0 unspecified atom stereocenters. The van der Waals surface area contributed by atoms with E-state index in [-0.39, 0.29) is 29.2 Å². The van der Waals surface area contributed by atoms with Crippen molar-refractivity contribution in [3.8, 4) is 0 Å². The number of hydrogen-bond donors (Lipinski definition) is 3. The number of rotatable bonds is 2. The molecule has 0 saturated heterocycles. The summed E-state index contributed by atoms with van der Waals surface area (Å²) in [5.41, 5.74) is 6.09. The first-order valence-corrected chi connectivity index (χ1v) is 6.59. The summed E-state index contributed by atoms with van der Waals surface area (Å²) >= 11 is 0. The summed E-state index contributed by atoms with van der Waals surface area (Å²) in [4.78, 5) is 44.2. The summed E-state index contributed by atoms with van der Waals surface area (Å²) in [5, 5.41) is 2.46. The van der Waals surface area contributed by atoms with Gasteiger partial charge in [-0.3, -0.25) is 10.9 Å². The average molecular weight is 350 g/mol. The summed E-state index contributed by atoms with van der Waals surface area (Å²) in [6, 6.07) is 12.1. The van der Waals surface area contributed by atoms with Crippen LogP contribution in [0.3, 0.4) is 0 Å². The van der Waals surface area contributed by atoms with Gasteiger partial charge in [0.25, 0.3) is 0 Å². The van der Waals surface area contributed by atoms with Gasteiger partial charge in [0.05, 0.1) is 22.5 Å². The topological polar surface area (TPSA) is 106 Å². The molecule has 2 amide bonds. The summed E-state index contributed by atoms with van der Waals surface area (Å²) in [7, 11) is 0. The van der Waals surface area contributed by atoms with Crippen molar-refractivity contribution in [3.63, 3.8) is 0 Å². The number of fused-ring (bicyclic) bond motifs is 2. The second-order valence-electron chi connectivity index (χ2n) is 4.57. The van der Waals surface area contributed by atoms with Crippen molar-refractivity contribution in [1.82, 2.24) is 5.43 Å². The van der Waals surface area contributed by atoms with Crippen LogP contribution in [0.4, 0.5) is 16.2 Å². The lowest BCUT2D eigenvalue weighted by Gasteiger charge is -2.07. The number of hydrazine groups is 1. The minimum atomic E-state index is -0.905. The van der Waals surface area contributed by atoms with E-state index in [9.17, 15) is 14.4 Å². The van der Waals surface area contributed by atoms with Crippen LogP contribution in [0.1, 0.15) is 20.7 Å². The van der Waals surface area contributed by atoms with Crippen molar-refractivity contribution in [2.75, 3.05) is 10.7 Å². The molecule has 2 aromatic rings. The van der Waals surface area contributed by atoms with E-state index in [0.717, 1.165) is 0 Å². The van der Waals surface area contributed by atoms with E-state index in [1.54, 1.807) is 24.3 Å². The number of carbonyl (C=O) groups is 3. The molecule has 0 fully saturated rings. The van der Waals surface area contributed by atoms with Gasteiger partial charge in [0, 0.05) is 0 Å². The van der Waals surface area contributed by atoms with Crippen molar-refractivity contribution >= 4 is 41.8 Å². The standard InChI is InChI=1S/C15H11N3O5.ClH/c19-13(9-4-2-1-3-5-9)22-23-14(20)11-7-6-10-8-12(11)16-15(21)18-17-10;/h1-8,17H,(H2,16,18,21);1H. The zero-order valence-electron chi connectivity index (χ0n) is 12.1. The van der Waals surface area contributed by atoms with Crippen molar-refractivity contribution in [3.05, 3.63) is 59.7 Å². The average Bonchev–Trinajstić information content (AvgIpc) is 2.72. The third-order valence-electron chi connectivity index (χ3n) is 3.01. The maximum Gasteiger partial charge on any atom is 0.388 e. The van der Waals surface area contributed by atoms with Crippen LogP contribution in [0.2, 0.25) is 0 Å². The Bertz CT molecular complexity index is 782. The van der Waals surface area contributed by atoms with E-state index in [4.69, 9.17) is 0 Å². The molecule has 0 saturated carbocycles. The molecule has 8 nitrogen and oxygen atoms in total. The molecule has 0 atom stereocenters. The second kappa shape index (κ2) is 7.34. The first-order valence-electron chi connectivity index (χ1n) is 6.59. The van der Waals surface area contributed by atoms with Crippen molar-refractivity contribution in [2.45, 2.75) is 0 Å². The van der Waals surface area contributed by atoms with Gasteiger partial charge in [-0.2, -0.15) is 0 Å². The molecule has 1 aliphatic rings. The number of carbonyl (C=O) groups excluding carboxylic acids is 3. The third kappa shape index (κ3) is 3.73. The van der Waals surface area contributed by atoms with Crippen LogP contribution < -0.4 is 16.2 Å². The second-order valence-corrected chi connectivity index (χ2v) is 4.57. The number of anilines is 2. The van der Waals surface area contributed by atoms with E-state index in [2.05, 4.69) is 25.9 Å². The highest BCUT2D eigenvalue weighted by molar-refractivity contribution is 6.03. The number of urea groups is 1. The number of benzene rings is 2. The van der Waals surface area contributed by atoms with Crippen LogP contribution in [0.25, 0.3) is 0 Å². The van der Waals surface area contributed by atoms with Gasteiger partial charge in [-0.1, -0.05) is 18.2 Å². The monoisotopic (exact) mass is 349 g/mol. The van der Waals surface area contributed by atoms with Crippen LogP contribution >= 0.6 is 12.4 Å². The summed E-state index contributed by atoms with van der Waals surface area (Å²) in [5.74, 6) is -1.70. The highest BCUT2D eigenvalue weighted by Gasteiger charge is 2.20. The molecule has 2 bridgehead atoms. The predicted octanol–water partition coefficient (Wildman–Crippen LogP) is 2.50. The molecule has 9 heteroatoms. The summed E-state index contributed by atoms with van der Waals surface area (Å²) in [6.45, 7) is 0. The zero-order valence-corrected chi connectivity index (χ0v) is 12.9. The Morgan fingerprint density at radius 2 is 1.58 bits per heavy atom. The number of halogens is 1. The quantitative estimate of drug-likeness (QED) is 0.568. The highest BCUT2D eigenvalue weighted by atomic mass is 35.5. The van der Waals surface area contributed by atoms with Crippen molar-refractivity contribution in [1.29, 1.82) is 0 Å². The molecular weight excluding hydrogens is 338 g/mol. The van der Waals surface area contributed by atoms with Gasteiger partial charge in [0.2, 0.25) is 0 Å². The van der Waals surface area contributed by atoms with E-state index in [1.165, 1.54) is 24.3 Å². The number of nitrogens with one attached hydrogen (secondary N) is 3. The molecule has 0 aliphatic carbocycles. The van der Waals surface area contributed by atoms with Crippen LogP contribution in [-0.2, 0) is 9.78 Å². The Labute approximate surface area is 142 Å². The molecule has 1 aliphatic heterocycles. The van der Waals surface area contributed by atoms with Gasteiger partial charge >= 0.3 is 18.0 Å². The third-order valence-corrected chi connectivity index (χ3v) is 3.01. The van der Waals surface area contributed by atoms with Gasteiger partial charge in [-0.25, -0.2) is 24.2 Å². The van der Waals surface area contributed by atoms with Gasteiger partial charge in [-0.15, -0.1) is 12.4 Å². The van der Waals surface area contributed by atoms with Gasteiger partial charge < -0.3 is 5.32 Å². The zero-order chi connectivity index (χ0) is 16.2. The van der Waals surface area contributed by atoms with Crippen LogP contribution in [0.5, 0.6) is 0 Å². The van der Waals surface area contributed by atoms with Crippen molar-refractivity contribution < 1.29 is 24.2 Å². The van der Waals surface area contributed by atoms with E-state index < -0.39 is 18.0 Å². The van der Waals surface area contributed by atoms with E-state index in [1.807, 2.05) is 0 Å². The van der Waals surface area contributed by atoms with E-state index in [0.29, 0.717) is 5.69 Å². The van der Waals surface area contributed by atoms with E-state index >= 15 is 0 Å². The Morgan fingerprint density at radius 3 is 2.33 bits per heavy atom.